The quantitative estimate of drug-likeness (QED) is 0.890. The van der Waals surface area contributed by atoms with E-state index in [1.165, 1.54) is 0 Å². The van der Waals surface area contributed by atoms with Crippen LogP contribution in [0.5, 0.6) is 0 Å². The second kappa shape index (κ2) is 6.72. The molecule has 0 saturated heterocycles. The number of rotatable bonds is 5. The third kappa shape index (κ3) is 3.82. The smallest absolute Gasteiger partial charge is 0.335 e. The zero-order chi connectivity index (χ0) is 15.4. The van der Waals surface area contributed by atoms with Crippen LogP contribution in [0.1, 0.15) is 28.7 Å². The molecule has 21 heavy (non-hydrogen) atoms. The molecule has 5 heteroatoms. The molecule has 0 amide bonds. The van der Waals surface area contributed by atoms with Crippen molar-refractivity contribution >= 4 is 27.6 Å². The lowest BCUT2D eigenvalue weighted by Gasteiger charge is -2.24. The Kier molecular flexibility index (Phi) is 4.96. The molecule has 110 valence electrons. The minimum Gasteiger partial charge on any atom is -0.478 e. The van der Waals surface area contributed by atoms with Crippen molar-refractivity contribution in [2.45, 2.75) is 20.4 Å². The molecule has 0 bridgehead atoms. The summed E-state index contributed by atoms with van der Waals surface area (Å²) in [4.78, 5) is 17.6. The van der Waals surface area contributed by atoms with Gasteiger partial charge in [-0.1, -0.05) is 6.07 Å². The molecule has 1 heterocycles. The van der Waals surface area contributed by atoms with Crippen LogP contribution in [0.25, 0.3) is 0 Å². The molecule has 0 aliphatic heterocycles. The number of nitrogens with zero attached hydrogens (tertiary/aromatic N) is 2. The van der Waals surface area contributed by atoms with E-state index in [2.05, 4.69) is 32.7 Å². The van der Waals surface area contributed by atoms with Crippen molar-refractivity contribution < 1.29 is 9.90 Å². The molecule has 0 unspecified atom stereocenters. The number of hydrogen-bond donors (Lipinski definition) is 1. The van der Waals surface area contributed by atoms with Gasteiger partial charge in [-0.25, -0.2) is 4.79 Å². The number of aromatic carboxylic acids is 1. The first kappa shape index (κ1) is 15.5. The van der Waals surface area contributed by atoms with Crippen LogP contribution in [-0.2, 0) is 6.54 Å². The van der Waals surface area contributed by atoms with E-state index in [0.717, 1.165) is 28.1 Å². The van der Waals surface area contributed by atoms with Crippen molar-refractivity contribution in [3.63, 3.8) is 0 Å². The van der Waals surface area contributed by atoms with Gasteiger partial charge in [-0.05, 0) is 60.1 Å². The van der Waals surface area contributed by atoms with Gasteiger partial charge in [-0.15, -0.1) is 0 Å². The Morgan fingerprint density at radius 2 is 2.10 bits per heavy atom. The summed E-state index contributed by atoms with van der Waals surface area (Å²) < 4.78 is 0.775. The first-order valence-electron chi connectivity index (χ1n) is 6.71. The fraction of sp³-hybridized carbons (Fsp3) is 0.250. The summed E-state index contributed by atoms with van der Waals surface area (Å²) in [5, 5.41) is 9.02. The van der Waals surface area contributed by atoms with Crippen LogP contribution < -0.4 is 4.90 Å². The number of pyridine rings is 1. The van der Waals surface area contributed by atoms with Crippen LogP contribution in [0.2, 0.25) is 0 Å². The lowest BCUT2D eigenvalue weighted by molar-refractivity contribution is 0.0697. The van der Waals surface area contributed by atoms with E-state index < -0.39 is 5.97 Å². The van der Waals surface area contributed by atoms with Crippen molar-refractivity contribution in [2.75, 3.05) is 11.4 Å². The molecule has 4 nitrogen and oxygen atoms in total. The van der Waals surface area contributed by atoms with Crippen LogP contribution in [0.3, 0.4) is 0 Å². The molecular formula is C16H17BrN2O2. The Bertz CT molecular complexity index is 658. The Labute approximate surface area is 132 Å². The average molecular weight is 349 g/mol. The van der Waals surface area contributed by atoms with Gasteiger partial charge in [0.15, 0.2) is 0 Å². The number of halogens is 1. The third-order valence-corrected chi connectivity index (χ3v) is 3.85. The number of carbonyl (C=O) groups is 1. The summed E-state index contributed by atoms with van der Waals surface area (Å²) in [6.45, 7) is 5.52. The van der Waals surface area contributed by atoms with E-state index in [0.29, 0.717) is 6.54 Å². The molecule has 2 rings (SSSR count). The molecule has 0 saturated carbocycles. The zero-order valence-corrected chi connectivity index (χ0v) is 13.6. The molecule has 0 aliphatic carbocycles. The van der Waals surface area contributed by atoms with Crippen molar-refractivity contribution in [2.24, 2.45) is 0 Å². The Morgan fingerprint density at radius 1 is 1.33 bits per heavy atom. The highest BCUT2D eigenvalue weighted by atomic mass is 79.9. The molecule has 0 spiro atoms. The largest absolute Gasteiger partial charge is 0.478 e. The maximum Gasteiger partial charge on any atom is 0.335 e. The van der Waals surface area contributed by atoms with Crippen LogP contribution in [0.15, 0.2) is 40.9 Å². The fourth-order valence-electron chi connectivity index (χ4n) is 2.15. The molecular weight excluding hydrogens is 332 g/mol. The van der Waals surface area contributed by atoms with E-state index in [1.807, 2.05) is 31.2 Å². The van der Waals surface area contributed by atoms with Crippen molar-refractivity contribution in [1.29, 1.82) is 0 Å². The second-order valence-electron chi connectivity index (χ2n) is 4.76. The van der Waals surface area contributed by atoms with Crippen molar-refractivity contribution in [3.8, 4) is 0 Å². The number of aromatic nitrogens is 1. The fourth-order valence-corrected chi connectivity index (χ4v) is 2.78. The SMILES string of the molecule is CCN(Cc1cccc(C)n1)c1ccc(C(=O)O)cc1Br. The molecule has 0 aliphatic rings. The zero-order valence-electron chi connectivity index (χ0n) is 12.0. The van der Waals surface area contributed by atoms with Gasteiger partial charge < -0.3 is 10.0 Å². The molecule has 0 atom stereocenters. The van der Waals surface area contributed by atoms with Crippen molar-refractivity contribution in [3.05, 3.63) is 57.8 Å². The minimum atomic E-state index is -0.925. The lowest BCUT2D eigenvalue weighted by Crippen LogP contribution is -2.23. The van der Waals surface area contributed by atoms with Crippen LogP contribution in [-0.4, -0.2) is 22.6 Å². The van der Waals surface area contributed by atoms with Gasteiger partial charge in [0.05, 0.1) is 23.5 Å². The summed E-state index contributed by atoms with van der Waals surface area (Å²) in [5.74, 6) is -0.925. The summed E-state index contributed by atoms with van der Waals surface area (Å²) in [5.41, 5.74) is 3.22. The van der Waals surface area contributed by atoms with Crippen LogP contribution in [0.4, 0.5) is 5.69 Å². The van der Waals surface area contributed by atoms with Gasteiger partial charge >= 0.3 is 5.97 Å². The first-order valence-corrected chi connectivity index (χ1v) is 7.51. The topological polar surface area (TPSA) is 53.4 Å². The van der Waals surface area contributed by atoms with Crippen molar-refractivity contribution in [1.82, 2.24) is 4.98 Å². The molecule has 0 radical (unpaired) electrons. The van der Waals surface area contributed by atoms with Gasteiger partial charge in [0.2, 0.25) is 0 Å². The maximum atomic E-state index is 11.0. The van der Waals surface area contributed by atoms with Crippen LogP contribution >= 0.6 is 15.9 Å². The minimum absolute atomic E-state index is 0.273. The maximum absolute atomic E-state index is 11.0. The Morgan fingerprint density at radius 3 is 2.67 bits per heavy atom. The Hall–Kier alpha value is -1.88. The van der Waals surface area contributed by atoms with E-state index in [1.54, 1.807) is 12.1 Å². The van der Waals surface area contributed by atoms with Gasteiger partial charge in [-0.2, -0.15) is 0 Å². The molecule has 2 aromatic rings. The molecule has 1 N–H and O–H groups in total. The highest BCUT2D eigenvalue weighted by Crippen LogP contribution is 2.28. The second-order valence-corrected chi connectivity index (χ2v) is 5.61. The number of carboxylic acids is 1. The standard InChI is InChI=1S/C16H17BrN2O2/c1-3-19(10-13-6-4-5-11(2)18-13)15-8-7-12(16(20)21)9-14(15)17/h4-9H,3,10H2,1-2H3,(H,20,21). The predicted octanol–water partition coefficient (Wildman–Crippen LogP) is 3.88. The molecule has 1 aromatic carbocycles. The van der Waals surface area contributed by atoms with E-state index in [9.17, 15) is 4.79 Å². The Balaban J connectivity index is 2.27. The number of anilines is 1. The number of hydrogen-bond acceptors (Lipinski definition) is 3. The van der Waals surface area contributed by atoms with Gasteiger partial charge in [0, 0.05) is 16.7 Å². The van der Waals surface area contributed by atoms with E-state index in [4.69, 9.17) is 5.11 Å². The average Bonchev–Trinajstić information content (AvgIpc) is 2.45. The molecule has 0 fully saturated rings. The number of aryl methyl sites for hydroxylation is 1. The predicted molar refractivity (Wildman–Crippen MR) is 86.8 cm³/mol. The van der Waals surface area contributed by atoms with E-state index >= 15 is 0 Å². The number of carboxylic acid groups (broad SMARTS) is 1. The monoisotopic (exact) mass is 348 g/mol. The van der Waals surface area contributed by atoms with Gasteiger partial charge in [0.25, 0.3) is 0 Å². The summed E-state index contributed by atoms with van der Waals surface area (Å²) in [7, 11) is 0. The van der Waals surface area contributed by atoms with Gasteiger partial charge in [0.1, 0.15) is 0 Å². The lowest BCUT2D eigenvalue weighted by atomic mass is 10.2. The van der Waals surface area contributed by atoms with Gasteiger partial charge in [-0.3, -0.25) is 4.98 Å². The summed E-state index contributed by atoms with van der Waals surface area (Å²) in [6.07, 6.45) is 0. The van der Waals surface area contributed by atoms with E-state index in [-0.39, 0.29) is 5.56 Å². The highest BCUT2D eigenvalue weighted by Gasteiger charge is 2.12. The van der Waals surface area contributed by atoms with Crippen LogP contribution in [0, 0.1) is 6.92 Å². The molecule has 1 aromatic heterocycles. The normalized spacial score (nSPS) is 10.4. The third-order valence-electron chi connectivity index (χ3n) is 3.22. The summed E-state index contributed by atoms with van der Waals surface area (Å²) in [6, 6.07) is 11.0. The highest BCUT2D eigenvalue weighted by molar-refractivity contribution is 9.10. The number of benzene rings is 1. The summed E-state index contributed by atoms with van der Waals surface area (Å²) >= 11 is 3.46. The first-order chi connectivity index (χ1) is 10.0.